The molecule has 136 valence electrons. The topological polar surface area (TPSA) is 50.8 Å². The van der Waals surface area contributed by atoms with Crippen molar-refractivity contribution in [1.82, 2.24) is 10.2 Å². The summed E-state index contributed by atoms with van der Waals surface area (Å²) in [7, 11) is 1.67. The van der Waals surface area contributed by atoms with Crippen molar-refractivity contribution in [3.8, 4) is 5.75 Å². The second-order valence-electron chi connectivity index (χ2n) is 6.62. The molecule has 1 aliphatic heterocycles. The number of hydrogen-bond donors (Lipinski definition) is 1. The Kier molecular flexibility index (Phi) is 6.48. The van der Waals surface area contributed by atoms with Crippen LogP contribution in [-0.2, 0) is 9.53 Å². The molecule has 2 aliphatic rings. The normalized spacial score (nSPS) is 19.8. The number of morpholine rings is 1. The molecule has 1 amide bonds. The predicted molar refractivity (Wildman–Crippen MR) is 97.7 cm³/mol. The number of ether oxygens (including phenoxy) is 2. The number of amides is 1. The van der Waals surface area contributed by atoms with E-state index in [0.717, 1.165) is 56.9 Å². The average molecular weight is 344 g/mol. The van der Waals surface area contributed by atoms with Crippen LogP contribution in [0.25, 0.3) is 0 Å². The van der Waals surface area contributed by atoms with Crippen LogP contribution >= 0.6 is 0 Å². The minimum atomic E-state index is 0.0893. The zero-order valence-electron chi connectivity index (χ0n) is 15.0. The summed E-state index contributed by atoms with van der Waals surface area (Å²) in [6.07, 6.45) is 6.32. The SMILES string of the molecule is COc1ccc([C@H](CNC(=O)C2=CCCCC2)N2CCOCC2)cc1. The molecule has 1 fully saturated rings. The monoisotopic (exact) mass is 344 g/mol. The summed E-state index contributed by atoms with van der Waals surface area (Å²) in [6.45, 7) is 3.87. The molecule has 3 rings (SSSR count). The third-order valence-corrected chi connectivity index (χ3v) is 5.03. The summed E-state index contributed by atoms with van der Waals surface area (Å²) in [5.41, 5.74) is 2.14. The molecule has 0 aromatic heterocycles. The van der Waals surface area contributed by atoms with Crippen molar-refractivity contribution < 1.29 is 14.3 Å². The molecule has 5 nitrogen and oxygen atoms in total. The van der Waals surface area contributed by atoms with Gasteiger partial charge in [0.05, 0.1) is 26.4 Å². The fraction of sp³-hybridized carbons (Fsp3) is 0.550. The lowest BCUT2D eigenvalue weighted by molar-refractivity contribution is -0.118. The highest BCUT2D eigenvalue weighted by Gasteiger charge is 2.24. The highest BCUT2D eigenvalue weighted by Crippen LogP contribution is 2.24. The maximum absolute atomic E-state index is 12.5. The maximum atomic E-state index is 12.5. The molecule has 1 aliphatic carbocycles. The molecule has 1 saturated heterocycles. The van der Waals surface area contributed by atoms with Crippen molar-refractivity contribution >= 4 is 5.91 Å². The van der Waals surface area contributed by atoms with Crippen LogP contribution in [0, 0.1) is 0 Å². The molecule has 0 spiro atoms. The summed E-state index contributed by atoms with van der Waals surface area (Å²) < 4.78 is 10.7. The van der Waals surface area contributed by atoms with Gasteiger partial charge in [0.15, 0.2) is 0 Å². The molecule has 1 atom stereocenters. The number of carbonyl (C=O) groups excluding carboxylic acids is 1. The summed E-state index contributed by atoms with van der Waals surface area (Å²) in [5, 5.41) is 3.16. The van der Waals surface area contributed by atoms with E-state index in [4.69, 9.17) is 9.47 Å². The first-order valence-electron chi connectivity index (χ1n) is 9.21. The lowest BCUT2D eigenvalue weighted by Crippen LogP contribution is -2.44. The molecule has 0 unspecified atom stereocenters. The van der Waals surface area contributed by atoms with Crippen LogP contribution in [-0.4, -0.2) is 50.8 Å². The van der Waals surface area contributed by atoms with E-state index in [1.807, 2.05) is 12.1 Å². The number of rotatable bonds is 6. The van der Waals surface area contributed by atoms with Crippen molar-refractivity contribution in [3.05, 3.63) is 41.5 Å². The van der Waals surface area contributed by atoms with Crippen LogP contribution in [0.15, 0.2) is 35.9 Å². The first kappa shape index (κ1) is 18.0. The molecule has 0 radical (unpaired) electrons. The largest absolute Gasteiger partial charge is 0.497 e. The van der Waals surface area contributed by atoms with Gasteiger partial charge in [-0.15, -0.1) is 0 Å². The van der Waals surface area contributed by atoms with Gasteiger partial charge in [0.1, 0.15) is 5.75 Å². The molecular formula is C20H28N2O3. The number of methoxy groups -OCH3 is 1. The Balaban J connectivity index is 1.69. The number of nitrogens with one attached hydrogen (secondary N) is 1. The average Bonchev–Trinajstić information content (AvgIpc) is 2.70. The Morgan fingerprint density at radius 2 is 2.00 bits per heavy atom. The van der Waals surface area contributed by atoms with Crippen LogP contribution in [0.3, 0.4) is 0 Å². The second-order valence-corrected chi connectivity index (χ2v) is 6.62. The Hall–Kier alpha value is -1.85. The van der Waals surface area contributed by atoms with E-state index in [2.05, 4.69) is 28.4 Å². The number of allylic oxidation sites excluding steroid dienone is 1. The van der Waals surface area contributed by atoms with Crippen LogP contribution < -0.4 is 10.1 Å². The van der Waals surface area contributed by atoms with Crippen molar-refractivity contribution in [2.75, 3.05) is 40.0 Å². The number of carbonyl (C=O) groups is 1. The third-order valence-electron chi connectivity index (χ3n) is 5.03. The zero-order chi connectivity index (χ0) is 17.5. The fourth-order valence-corrected chi connectivity index (χ4v) is 3.52. The maximum Gasteiger partial charge on any atom is 0.246 e. The summed E-state index contributed by atoms with van der Waals surface area (Å²) >= 11 is 0. The van der Waals surface area contributed by atoms with Crippen molar-refractivity contribution in [1.29, 1.82) is 0 Å². The summed E-state index contributed by atoms with van der Waals surface area (Å²) in [6, 6.07) is 8.29. The Morgan fingerprint density at radius 1 is 1.24 bits per heavy atom. The first-order valence-corrected chi connectivity index (χ1v) is 9.21. The highest BCUT2D eigenvalue weighted by atomic mass is 16.5. The molecule has 1 aromatic carbocycles. The van der Waals surface area contributed by atoms with Crippen LogP contribution in [0.2, 0.25) is 0 Å². The van der Waals surface area contributed by atoms with Gasteiger partial charge < -0.3 is 14.8 Å². The molecular weight excluding hydrogens is 316 g/mol. The van der Waals surface area contributed by atoms with E-state index >= 15 is 0 Å². The zero-order valence-corrected chi connectivity index (χ0v) is 15.0. The van der Waals surface area contributed by atoms with Crippen LogP contribution in [0.5, 0.6) is 5.75 Å². The van der Waals surface area contributed by atoms with E-state index in [-0.39, 0.29) is 11.9 Å². The molecule has 1 N–H and O–H groups in total. The second kappa shape index (κ2) is 9.02. The first-order chi connectivity index (χ1) is 12.3. The Bertz CT molecular complexity index is 591. The van der Waals surface area contributed by atoms with E-state index in [9.17, 15) is 4.79 Å². The molecule has 25 heavy (non-hydrogen) atoms. The lowest BCUT2D eigenvalue weighted by Gasteiger charge is -2.35. The molecule has 0 saturated carbocycles. The van der Waals surface area contributed by atoms with Gasteiger partial charge in [0, 0.05) is 25.2 Å². The minimum absolute atomic E-state index is 0.0893. The van der Waals surface area contributed by atoms with Gasteiger partial charge in [-0.05, 0) is 43.4 Å². The Labute approximate surface area is 150 Å². The number of benzene rings is 1. The van der Waals surface area contributed by atoms with Gasteiger partial charge in [0.2, 0.25) is 5.91 Å². The van der Waals surface area contributed by atoms with Crippen molar-refractivity contribution in [2.24, 2.45) is 0 Å². The molecule has 0 bridgehead atoms. The number of nitrogens with zero attached hydrogens (tertiary/aromatic N) is 1. The predicted octanol–water partition coefficient (Wildman–Crippen LogP) is 2.69. The minimum Gasteiger partial charge on any atom is -0.497 e. The van der Waals surface area contributed by atoms with Gasteiger partial charge in [-0.1, -0.05) is 18.2 Å². The van der Waals surface area contributed by atoms with Crippen molar-refractivity contribution in [2.45, 2.75) is 31.7 Å². The van der Waals surface area contributed by atoms with E-state index in [1.165, 1.54) is 12.0 Å². The standard InChI is InChI=1S/C20H28N2O3/c1-24-18-9-7-16(8-10-18)19(22-11-13-25-14-12-22)15-21-20(23)17-5-3-2-4-6-17/h5,7-10,19H,2-4,6,11-15H2,1H3,(H,21,23)/t19-/m0/s1. The lowest BCUT2D eigenvalue weighted by atomic mass is 9.98. The smallest absolute Gasteiger partial charge is 0.246 e. The Morgan fingerprint density at radius 3 is 2.64 bits per heavy atom. The van der Waals surface area contributed by atoms with E-state index in [0.29, 0.717) is 6.54 Å². The quantitative estimate of drug-likeness (QED) is 0.862. The van der Waals surface area contributed by atoms with Crippen molar-refractivity contribution in [3.63, 3.8) is 0 Å². The van der Waals surface area contributed by atoms with Gasteiger partial charge in [-0.25, -0.2) is 0 Å². The summed E-state index contributed by atoms with van der Waals surface area (Å²) in [5.74, 6) is 0.937. The summed E-state index contributed by atoms with van der Waals surface area (Å²) in [4.78, 5) is 14.9. The molecule has 1 heterocycles. The highest BCUT2D eigenvalue weighted by molar-refractivity contribution is 5.93. The fourth-order valence-electron chi connectivity index (χ4n) is 3.52. The third kappa shape index (κ3) is 4.83. The van der Waals surface area contributed by atoms with Gasteiger partial charge >= 0.3 is 0 Å². The number of hydrogen-bond acceptors (Lipinski definition) is 4. The van der Waals surface area contributed by atoms with Crippen LogP contribution in [0.1, 0.15) is 37.3 Å². The van der Waals surface area contributed by atoms with Gasteiger partial charge in [-0.3, -0.25) is 9.69 Å². The van der Waals surface area contributed by atoms with Crippen LogP contribution in [0.4, 0.5) is 0 Å². The van der Waals surface area contributed by atoms with Gasteiger partial charge in [0.25, 0.3) is 0 Å². The van der Waals surface area contributed by atoms with E-state index < -0.39 is 0 Å². The molecule has 5 heteroatoms. The van der Waals surface area contributed by atoms with Gasteiger partial charge in [-0.2, -0.15) is 0 Å². The van der Waals surface area contributed by atoms with E-state index in [1.54, 1.807) is 7.11 Å². The molecule has 1 aromatic rings.